The molecular formula is C20H20N2O3S. The molecule has 0 spiro atoms. The fourth-order valence-electron chi connectivity index (χ4n) is 3.40. The lowest BCUT2D eigenvalue weighted by atomic mass is 9.97. The first-order valence-corrected chi connectivity index (χ1v) is 10.3. The summed E-state index contributed by atoms with van der Waals surface area (Å²) >= 11 is 0. The van der Waals surface area contributed by atoms with Gasteiger partial charge in [-0.3, -0.25) is 9.00 Å². The summed E-state index contributed by atoms with van der Waals surface area (Å²) in [4.78, 5) is 20.0. The molecule has 0 aliphatic carbocycles. The van der Waals surface area contributed by atoms with Gasteiger partial charge in [0.2, 0.25) is 0 Å². The number of oxazole rings is 1. The molecule has 2 heterocycles. The summed E-state index contributed by atoms with van der Waals surface area (Å²) in [6.45, 7) is 1.34. The lowest BCUT2D eigenvalue weighted by Gasteiger charge is -2.31. The highest BCUT2D eigenvalue weighted by Gasteiger charge is 2.28. The molecule has 134 valence electrons. The Labute approximate surface area is 154 Å². The van der Waals surface area contributed by atoms with E-state index in [1.165, 1.54) is 0 Å². The summed E-state index contributed by atoms with van der Waals surface area (Å²) in [5.74, 6) is 0.821. The van der Waals surface area contributed by atoms with Crippen LogP contribution in [0.5, 0.6) is 0 Å². The van der Waals surface area contributed by atoms with Crippen molar-refractivity contribution in [3.63, 3.8) is 0 Å². The first kappa shape index (κ1) is 17.0. The molecule has 26 heavy (non-hydrogen) atoms. The van der Waals surface area contributed by atoms with Crippen molar-refractivity contribution in [3.05, 3.63) is 60.0 Å². The summed E-state index contributed by atoms with van der Waals surface area (Å²) in [5, 5.41) is 0. The standard InChI is InChI=1S/C20H20N2O3S/c1-26(24)16-10-8-14(9-11-16)20(23)22-12-4-5-15(13-22)19-21-17-6-2-3-7-18(17)25-19/h2-3,6-11,15H,4-5,12-13H2,1H3/t15-,26+/m1/s1. The second kappa shape index (κ2) is 7.03. The highest BCUT2D eigenvalue weighted by molar-refractivity contribution is 7.84. The number of para-hydroxylation sites is 2. The number of hydrogen-bond donors (Lipinski definition) is 0. The maximum absolute atomic E-state index is 12.8. The molecule has 0 radical (unpaired) electrons. The van der Waals surface area contributed by atoms with Gasteiger partial charge >= 0.3 is 0 Å². The third-order valence-electron chi connectivity index (χ3n) is 4.80. The van der Waals surface area contributed by atoms with E-state index in [1.807, 2.05) is 29.2 Å². The molecule has 1 saturated heterocycles. The van der Waals surface area contributed by atoms with Crippen LogP contribution >= 0.6 is 0 Å². The largest absolute Gasteiger partial charge is 0.440 e. The number of benzene rings is 2. The summed E-state index contributed by atoms with van der Waals surface area (Å²) in [6.07, 6.45) is 3.52. The van der Waals surface area contributed by atoms with Gasteiger partial charge in [-0.15, -0.1) is 0 Å². The van der Waals surface area contributed by atoms with Gasteiger partial charge in [-0.1, -0.05) is 12.1 Å². The van der Waals surface area contributed by atoms with Crippen molar-refractivity contribution in [1.29, 1.82) is 0 Å². The normalized spacial score (nSPS) is 18.8. The van der Waals surface area contributed by atoms with E-state index in [2.05, 4.69) is 4.98 Å². The van der Waals surface area contributed by atoms with E-state index in [4.69, 9.17) is 4.42 Å². The van der Waals surface area contributed by atoms with Gasteiger partial charge in [0, 0.05) is 40.6 Å². The maximum Gasteiger partial charge on any atom is 0.253 e. The van der Waals surface area contributed by atoms with Crippen LogP contribution in [0, 0.1) is 0 Å². The van der Waals surface area contributed by atoms with Crippen LogP contribution in [0.4, 0.5) is 0 Å². The molecule has 0 unspecified atom stereocenters. The Morgan fingerprint density at radius 2 is 1.96 bits per heavy atom. The van der Waals surface area contributed by atoms with Crippen molar-refractivity contribution < 1.29 is 13.4 Å². The number of piperidine rings is 1. The van der Waals surface area contributed by atoms with Crippen molar-refractivity contribution in [2.45, 2.75) is 23.7 Å². The molecule has 1 aromatic heterocycles. The molecule has 3 aromatic rings. The molecule has 0 bridgehead atoms. The molecule has 1 fully saturated rings. The van der Waals surface area contributed by atoms with Gasteiger partial charge in [0.25, 0.3) is 5.91 Å². The molecule has 1 amide bonds. The number of aromatic nitrogens is 1. The Morgan fingerprint density at radius 1 is 1.19 bits per heavy atom. The summed E-state index contributed by atoms with van der Waals surface area (Å²) in [6, 6.07) is 14.7. The van der Waals surface area contributed by atoms with Gasteiger partial charge < -0.3 is 9.32 Å². The smallest absolute Gasteiger partial charge is 0.253 e. The Hall–Kier alpha value is -2.47. The molecule has 2 aromatic carbocycles. The number of carbonyl (C=O) groups excluding carboxylic acids is 1. The lowest BCUT2D eigenvalue weighted by molar-refractivity contribution is 0.0699. The summed E-state index contributed by atoms with van der Waals surface area (Å²) < 4.78 is 17.4. The monoisotopic (exact) mass is 368 g/mol. The first-order chi connectivity index (χ1) is 12.6. The Balaban J connectivity index is 1.52. The van der Waals surface area contributed by atoms with Gasteiger partial charge in [0.1, 0.15) is 5.52 Å². The molecule has 1 aliphatic heterocycles. The second-order valence-electron chi connectivity index (χ2n) is 6.59. The fraction of sp³-hybridized carbons (Fsp3) is 0.300. The predicted octanol–water partition coefficient (Wildman–Crippen LogP) is 3.59. The van der Waals surface area contributed by atoms with E-state index < -0.39 is 10.8 Å². The first-order valence-electron chi connectivity index (χ1n) is 8.70. The minimum atomic E-state index is -1.04. The highest BCUT2D eigenvalue weighted by atomic mass is 32.2. The molecular weight excluding hydrogens is 348 g/mol. The van der Waals surface area contributed by atoms with Crippen LogP contribution in [-0.2, 0) is 10.8 Å². The Kier molecular flexibility index (Phi) is 4.59. The Bertz CT molecular complexity index is 932. The van der Waals surface area contributed by atoms with Gasteiger partial charge in [0.05, 0.1) is 5.92 Å². The molecule has 2 atom stereocenters. The van der Waals surface area contributed by atoms with Crippen LogP contribution in [0.2, 0.25) is 0 Å². The van der Waals surface area contributed by atoms with Gasteiger partial charge in [-0.2, -0.15) is 0 Å². The van der Waals surface area contributed by atoms with Crippen molar-refractivity contribution in [2.24, 2.45) is 0 Å². The van der Waals surface area contributed by atoms with Crippen LogP contribution in [0.3, 0.4) is 0 Å². The average Bonchev–Trinajstić information content (AvgIpc) is 3.12. The molecule has 0 N–H and O–H groups in total. The van der Waals surface area contributed by atoms with E-state index in [9.17, 15) is 9.00 Å². The molecule has 0 saturated carbocycles. The molecule has 5 nitrogen and oxygen atoms in total. The third kappa shape index (κ3) is 3.29. The van der Waals surface area contributed by atoms with Crippen LogP contribution in [0.1, 0.15) is 35.0 Å². The number of likely N-dealkylation sites (tertiary alicyclic amines) is 1. The second-order valence-corrected chi connectivity index (χ2v) is 7.97. The summed E-state index contributed by atoms with van der Waals surface area (Å²) in [7, 11) is -1.04. The fourth-order valence-corrected chi connectivity index (χ4v) is 3.92. The average molecular weight is 368 g/mol. The zero-order valence-electron chi connectivity index (χ0n) is 14.6. The quantitative estimate of drug-likeness (QED) is 0.709. The van der Waals surface area contributed by atoms with E-state index in [1.54, 1.807) is 30.5 Å². The van der Waals surface area contributed by atoms with Crippen LogP contribution in [0.25, 0.3) is 11.1 Å². The van der Waals surface area contributed by atoms with Crippen LogP contribution < -0.4 is 0 Å². The molecule has 4 rings (SSSR count). The zero-order valence-corrected chi connectivity index (χ0v) is 15.4. The van der Waals surface area contributed by atoms with Crippen molar-refractivity contribution >= 4 is 27.8 Å². The number of rotatable bonds is 3. The SMILES string of the molecule is C[S@](=O)c1ccc(C(=O)N2CCC[C@@H](c3nc4ccccc4o3)C2)cc1. The van der Waals surface area contributed by atoms with Crippen molar-refractivity contribution in [3.8, 4) is 0 Å². The zero-order chi connectivity index (χ0) is 18.1. The number of hydrogen-bond acceptors (Lipinski definition) is 4. The topological polar surface area (TPSA) is 63.4 Å². The van der Waals surface area contributed by atoms with Crippen LogP contribution in [0.15, 0.2) is 57.8 Å². The number of fused-ring (bicyclic) bond motifs is 1. The molecule has 1 aliphatic rings. The Morgan fingerprint density at radius 3 is 2.69 bits per heavy atom. The van der Waals surface area contributed by atoms with Gasteiger partial charge in [-0.25, -0.2) is 4.98 Å². The minimum absolute atomic E-state index is 0.000698. The van der Waals surface area contributed by atoms with E-state index in [0.29, 0.717) is 18.0 Å². The molecule has 6 heteroatoms. The summed E-state index contributed by atoms with van der Waals surface area (Å²) in [5.41, 5.74) is 2.26. The van der Waals surface area contributed by atoms with Gasteiger partial charge in [0.15, 0.2) is 11.5 Å². The highest BCUT2D eigenvalue weighted by Crippen LogP contribution is 2.29. The maximum atomic E-state index is 12.8. The van der Waals surface area contributed by atoms with E-state index in [-0.39, 0.29) is 11.8 Å². The number of carbonyl (C=O) groups is 1. The van der Waals surface area contributed by atoms with E-state index in [0.717, 1.165) is 35.4 Å². The lowest BCUT2D eigenvalue weighted by Crippen LogP contribution is -2.39. The predicted molar refractivity (Wildman–Crippen MR) is 101 cm³/mol. The number of nitrogens with zero attached hydrogens (tertiary/aromatic N) is 2. The van der Waals surface area contributed by atoms with Crippen molar-refractivity contribution in [2.75, 3.05) is 19.3 Å². The van der Waals surface area contributed by atoms with Crippen molar-refractivity contribution in [1.82, 2.24) is 9.88 Å². The van der Waals surface area contributed by atoms with Gasteiger partial charge in [-0.05, 0) is 49.2 Å². The third-order valence-corrected chi connectivity index (χ3v) is 5.74. The van der Waals surface area contributed by atoms with Crippen LogP contribution in [-0.4, -0.2) is 39.3 Å². The minimum Gasteiger partial charge on any atom is -0.440 e. The van der Waals surface area contributed by atoms with E-state index >= 15 is 0 Å². The number of amides is 1.